The van der Waals surface area contributed by atoms with Gasteiger partial charge in [-0.1, -0.05) is 60.1 Å². The minimum atomic E-state index is -0.680. The average Bonchev–Trinajstić information content (AvgIpc) is 3.46. The lowest BCUT2D eigenvalue weighted by Crippen LogP contribution is -2.53. The Hall–Kier alpha value is -3.65. The molecule has 8 heteroatoms. The van der Waals surface area contributed by atoms with Crippen LogP contribution in [0.15, 0.2) is 79.0 Å². The molecule has 0 unspecified atom stereocenters. The van der Waals surface area contributed by atoms with Gasteiger partial charge in [0.05, 0.1) is 0 Å². The lowest BCUT2D eigenvalue weighted by atomic mass is 9.90. The zero-order valence-electron chi connectivity index (χ0n) is 27.1. The van der Waals surface area contributed by atoms with Crippen molar-refractivity contribution < 1.29 is 9.59 Å². The van der Waals surface area contributed by atoms with E-state index in [0.717, 1.165) is 79.6 Å². The summed E-state index contributed by atoms with van der Waals surface area (Å²) in [7, 11) is 4.12. The summed E-state index contributed by atoms with van der Waals surface area (Å²) >= 11 is 6.41. The van der Waals surface area contributed by atoms with Gasteiger partial charge in [-0.3, -0.25) is 14.5 Å². The Morgan fingerprint density at radius 1 is 1.00 bits per heavy atom. The normalized spacial score (nSPS) is 18.1. The van der Waals surface area contributed by atoms with Crippen LogP contribution in [0.3, 0.4) is 0 Å². The number of benzene rings is 3. The molecule has 0 bridgehead atoms. The molecule has 1 fully saturated rings. The van der Waals surface area contributed by atoms with E-state index in [1.807, 2.05) is 47.5 Å². The van der Waals surface area contributed by atoms with Crippen LogP contribution in [0.5, 0.6) is 0 Å². The molecule has 2 amide bonds. The van der Waals surface area contributed by atoms with Crippen molar-refractivity contribution in [3.8, 4) is 0 Å². The molecule has 0 spiro atoms. The van der Waals surface area contributed by atoms with E-state index in [9.17, 15) is 9.59 Å². The summed E-state index contributed by atoms with van der Waals surface area (Å²) in [5.41, 5.74) is 5.37. The minimum Gasteiger partial charge on any atom is -0.361 e. The van der Waals surface area contributed by atoms with Crippen LogP contribution in [0.1, 0.15) is 42.4 Å². The van der Waals surface area contributed by atoms with Crippen LogP contribution in [0.25, 0.3) is 10.9 Å². The molecule has 1 saturated heterocycles. The fourth-order valence-electron chi connectivity index (χ4n) is 7.35. The van der Waals surface area contributed by atoms with Crippen LogP contribution in [0.2, 0.25) is 5.02 Å². The van der Waals surface area contributed by atoms with Crippen molar-refractivity contribution in [2.75, 3.05) is 45.2 Å². The number of aromatic amines is 1. The highest BCUT2D eigenvalue weighted by Crippen LogP contribution is 2.33. The van der Waals surface area contributed by atoms with Gasteiger partial charge in [-0.25, -0.2) is 0 Å². The lowest BCUT2D eigenvalue weighted by Gasteiger charge is -2.37. The molecular weight excluding hydrogens is 594 g/mol. The number of piperidine rings is 1. The third kappa shape index (κ3) is 8.00. The number of H-pyrrole nitrogens is 1. The van der Waals surface area contributed by atoms with Crippen LogP contribution in [0.4, 0.5) is 5.69 Å². The number of nitrogens with one attached hydrogen (secondary N) is 2. The monoisotopic (exact) mass is 639 g/mol. The highest BCUT2D eigenvalue weighted by atomic mass is 35.5. The van der Waals surface area contributed by atoms with E-state index in [0.29, 0.717) is 30.3 Å². The summed E-state index contributed by atoms with van der Waals surface area (Å²) in [6.07, 6.45) is 6.71. The zero-order chi connectivity index (χ0) is 32.0. The molecule has 0 saturated carbocycles. The van der Waals surface area contributed by atoms with E-state index < -0.39 is 6.04 Å². The van der Waals surface area contributed by atoms with Crippen LogP contribution in [-0.4, -0.2) is 72.9 Å². The average molecular weight is 640 g/mol. The van der Waals surface area contributed by atoms with E-state index >= 15 is 0 Å². The van der Waals surface area contributed by atoms with E-state index in [1.54, 1.807) is 0 Å². The Kier molecular flexibility index (Phi) is 10.4. The zero-order valence-corrected chi connectivity index (χ0v) is 27.8. The van der Waals surface area contributed by atoms with Gasteiger partial charge < -0.3 is 20.1 Å². The lowest BCUT2D eigenvalue weighted by molar-refractivity contribution is -0.128. The van der Waals surface area contributed by atoms with Gasteiger partial charge in [0.1, 0.15) is 6.04 Å². The third-order valence-corrected chi connectivity index (χ3v) is 9.87. The van der Waals surface area contributed by atoms with Crippen molar-refractivity contribution in [3.05, 3.63) is 101 Å². The molecule has 0 aliphatic carbocycles. The van der Waals surface area contributed by atoms with Crippen LogP contribution >= 0.6 is 11.6 Å². The summed E-state index contributed by atoms with van der Waals surface area (Å²) in [5.74, 6) is 0.663. The first-order valence-electron chi connectivity index (χ1n) is 16.7. The number of anilines is 1. The Balaban J connectivity index is 1.15. The van der Waals surface area contributed by atoms with Gasteiger partial charge in [0.2, 0.25) is 11.8 Å². The molecule has 242 valence electrons. The first-order valence-corrected chi connectivity index (χ1v) is 17.1. The quantitative estimate of drug-likeness (QED) is 0.202. The maximum Gasteiger partial charge on any atom is 0.249 e. The first-order chi connectivity index (χ1) is 22.3. The van der Waals surface area contributed by atoms with Crippen LogP contribution < -0.4 is 10.2 Å². The number of halogens is 1. The van der Waals surface area contributed by atoms with E-state index in [-0.39, 0.29) is 17.7 Å². The molecule has 2 N–H and O–H groups in total. The van der Waals surface area contributed by atoms with Crippen molar-refractivity contribution in [2.24, 2.45) is 11.8 Å². The number of hydrogen-bond acceptors (Lipinski definition) is 4. The molecule has 0 radical (unpaired) electrons. The third-order valence-electron chi connectivity index (χ3n) is 9.64. The molecule has 7 nitrogen and oxygen atoms in total. The molecule has 3 heterocycles. The second-order valence-corrected chi connectivity index (χ2v) is 13.9. The highest BCUT2D eigenvalue weighted by molar-refractivity contribution is 6.30. The number of carbonyl (C=O) groups is 2. The number of para-hydroxylation sites is 1. The highest BCUT2D eigenvalue weighted by Gasteiger charge is 2.34. The fourth-order valence-corrected chi connectivity index (χ4v) is 7.54. The number of nitrogens with zero attached hydrogens (tertiary/aromatic N) is 3. The van der Waals surface area contributed by atoms with E-state index in [4.69, 9.17) is 11.6 Å². The Morgan fingerprint density at radius 2 is 1.76 bits per heavy atom. The Labute approximate surface area is 277 Å². The predicted molar refractivity (Wildman–Crippen MR) is 187 cm³/mol. The summed E-state index contributed by atoms with van der Waals surface area (Å²) in [6.45, 7) is 4.55. The first kappa shape index (κ1) is 32.3. The molecule has 1 aromatic heterocycles. The van der Waals surface area contributed by atoms with Gasteiger partial charge in [0.15, 0.2) is 0 Å². The maximum absolute atomic E-state index is 14.5. The molecule has 2 aliphatic rings. The molecular formula is C38H46ClN5O2. The van der Waals surface area contributed by atoms with E-state index in [2.05, 4.69) is 70.6 Å². The molecule has 6 rings (SSSR count). The fraction of sp³-hybridized carbons (Fsp3) is 0.421. The van der Waals surface area contributed by atoms with Crippen molar-refractivity contribution in [2.45, 2.75) is 51.1 Å². The number of aromatic nitrogens is 1. The second kappa shape index (κ2) is 14.8. The SMILES string of the molecule is CN(C)C[C@H]1Cc2cc(Cl)ccc2N(C(=O)[C@@H](Cc2c[nH]c3ccccc23)NC(=O)CCC2CCN(Cc3ccccc3)CC2)C1. The Morgan fingerprint density at radius 3 is 2.54 bits per heavy atom. The molecule has 2 aliphatic heterocycles. The van der Waals surface area contributed by atoms with Crippen molar-refractivity contribution in [1.29, 1.82) is 0 Å². The molecule has 4 aromatic rings. The molecule has 2 atom stereocenters. The Bertz CT molecular complexity index is 1630. The molecule has 3 aromatic carbocycles. The number of hydrogen-bond donors (Lipinski definition) is 2. The number of likely N-dealkylation sites (tertiary alicyclic amines) is 1. The van der Waals surface area contributed by atoms with E-state index in [1.165, 1.54) is 5.56 Å². The van der Waals surface area contributed by atoms with Crippen LogP contribution in [-0.2, 0) is 29.0 Å². The van der Waals surface area contributed by atoms with Crippen LogP contribution in [0, 0.1) is 11.8 Å². The van der Waals surface area contributed by atoms with Gasteiger partial charge in [0, 0.05) is 60.3 Å². The number of carbonyl (C=O) groups excluding carboxylic acids is 2. The van der Waals surface area contributed by atoms with Gasteiger partial charge in [-0.05, 0) is 106 Å². The topological polar surface area (TPSA) is 71.7 Å². The number of amides is 2. The van der Waals surface area contributed by atoms with Gasteiger partial charge in [0.25, 0.3) is 0 Å². The number of rotatable bonds is 11. The summed E-state index contributed by atoms with van der Waals surface area (Å²) in [4.78, 5) is 38.0. The second-order valence-electron chi connectivity index (χ2n) is 13.5. The van der Waals surface area contributed by atoms with Crippen molar-refractivity contribution in [3.63, 3.8) is 0 Å². The van der Waals surface area contributed by atoms with Gasteiger partial charge in [-0.2, -0.15) is 0 Å². The van der Waals surface area contributed by atoms with Crippen molar-refractivity contribution >= 4 is 40.0 Å². The molecule has 46 heavy (non-hydrogen) atoms. The predicted octanol–water partition coefficient (Wildman–Crippen LogP) is 6.31. The van der Waals surface area contributed by atoms with Gasteiger partial charge >= 0.3 is 0 Å². The minimum absolute atomic E-state index is 0.0527. The summed E-state index contributed by atoms with van der Waals surface area (Å²) < 4.78 is 0. The summed E-state index contributed by atoms with van der Waals surface area (Å²) in [5, 5.41) is 4.95. The van der Waals surface area contributed by atoms with Gasteiger partial charge in [-0.15, -0.1) is 0 Å². The largest absolute Gasteiger partial charge is 0.361 e. The van der Waals surface area contributed by atoms with Crippen molar-refractivity contribution in [1.82, 2.24) is 20.1 Å². The number of fused-ring (bicyclic) bond motifs is 2. The maximum atomic E-state index is 14.5. The standard InChI is InChI=1S/C38H46ClN5O2/c1-42(2)24-29-20-30-21-32(39)13-14-36(30)44(26-29)38(46)35(22-31-23-40-34-11-7-6-10-33(31)34)41-37(45)15-12-27-16-18-43(19-17-27)25-28-8-4-3-5-9-28/h3-11,13-14,21,23,27,29,35,40H,12,15-20,22,24-26H2,1-2H3,(H,41,45)/t29-,35-/m1/s1. The smallest absolute Gasteiger partial charge is 0.249 e. The summed E-state index contributed by atoms with van der Waals surface area (Å²) in [6, 6.07) is 23.8.